The van der Waals surface area contributed by atoms with E-state index >= 15 is 0 Å². The highest BCUT2D eigenvalue weighted by Gasteiger charge is 2.18. The smallest absolute Gasteiger partial charge is 0.222 e. The number of rotatable bonds is 10. The number of nitrogens with one attached hydrogen (secondary N) is 1. The molecule has 4 aromatic rings. The molecule has 9 heteroatoms. The van der Waals surface area contributed by atoms with Gasteiger partial charge in [-0.2, -0.15) is 4.98 Å². The monoisotopic (exact) mass is 534 g/mol. The summed E-state index contributed by atoms with van der Waals surface area (Å²) in [5, 5.41) is 12.9. The van der Waals surface area contributed by atoms with E-state index in [1.807, 2.05) is 24.3 Å². The van der Waals surface area contributed by atoms with Crippen LogP contribution in [0.3, 0.4) is 0 Å². The second-order valence-electron chi connectivity index (χ2n) is 9.97. The van der Waals surface area contributed by atoms with Gasteiger partial charge in [-0.1, -0.05) is 50.5 Å². The van der Waals surface area contributed by atoms with Gasteiger partial charge in [-0.05, 0) is 43.0 Å². The Hall–Kier alpha value is -3.40. The minimum Gasteiger partial charge on any atom is -0.496 e. The molecule has 0 unspecified atom stereocenters. The standard InChI is InChI=1S/C24H28N6O2.C6H14O/c1-31-20-7-6-15(13-27-17-8-10-32-11-9-17)12-16(20)14-30-19-5-3-2-4-18(19)21-22(30)23(25)29-24(26)28-21;1-2-3-4-5-6-7/h2-7,12,17,27H,8-11,13-14H2,1H3,(H4,25,26,28,29);7H,2-6H2,1H3. The molecule has 0 radical (unpaired) electrons. The molecule has 2 aromatic carbocycles. The predicted molar refractivity (Wildman–Crippen MR) is 158 cm³/mol. The van der Waals surface area contributed by atoms with Gasteiger partial charge in [-0.3, -0.25) is 0 Å². The highest BCUT2D eigenvalue weighted by molar-refractivity contribution is 6.09. The van der Waals surface area contributed by atoms with E-state index in [1.165, 1.54) is 24.8 Å². The first-order valence-electron chi connectivity index (χ1n) is 13.9. The molecular weight excluding hydrogens is 492 g/mol. The van der Waals surface area contributed by atoms with Crippen LogP contribution in [-0.2, 0) is 17.8 Å². The van der Waals surface area contributed by atoms with Crippen molar-refractivity contribution in [2.24, 2.45) is 0 Å². The number of nitrogens with zero attached hydrogens (tertiary/aromatic N) is 3. The minimum atomic E-state index is 0.177. The summed E-state index contributed by atoms with van der Waals surface area (Å²) in [5.74, 6) is 1.39. The molecule has 6 N–H and O–H groups in total. The zero-order valence-corrected chi connectivity index (χ0v) is 23.2. The van der Waals surface area contributed by atoms with Crippen LogP contribution in [-0.4, -0.2) is 52.6 Å². The molecule has 9 nitrogen and oxygen atoms in total. The number of methoxy groups -OCH3 is 1. The molecule has 0 amide bonds. The number of aliphatic hydroxyl groups excluding tert-OH is 1. The van der Waals surface area contributed by atoms with Gasteiger partial charge in [0.25, 0.3) is 0 Å². The molecule has 0 saturated carbocycles. The Kier molecular flexibility index (Phi) is 10.4. The van der Waals surface area contributed by atoms with E-state index in [0.717, 1.165) is 72.3 Å². The summed E-state index contributed by atoms with van der Waals surface area (Å²) in [5.41, 5.74) is 17.1. The van der Waals surface area contributed by atoms with Crippen molar-refractivity contribution in [3.8, 4) is 5.75 Å². The highest BCUT2D eigenvalue weighted by Crippen LogP contribution is 2.33. The third kappa shape index (κ3) is 7.17. The fourth-order valence-corrected chi connectivity index (χ4v) is 5.08. The molecule has 0 bridgehead atoms. The number of hydrogen-bond acceptors (Lipinski definition) is 8. The Labute approximate surface area is 230 Å². The quantitative estimate of drug-likeness (QED) is 0.216. The first-order valence-corrected chi connectivity index (χ1v) is 13.9. The predicted octanol–water partition coefficient (Wildman–Crippen LogP) is 4.63. The third-order valence-corrected chi connectivity index (χ3v) is 7.15. The first-order chi connectivity index (χ1) is 19.0. The number of unbranched alkanes of at least 4 members (excludes halogenated alkanes) is 3. The molecule has 0 spiro atoms. The molecular formula is C30H42N6O3. The summed E-state index contributed by atoms with van der Waals surface area (Å²) in [7, 11) is 1.70. The molecule has 1 aliphatic heterocycles. The fraction of sp³-hybridized carbons (Fsp3) is 0.467. The number of nitrogen functional groups attached to an aromatic ring is 2. The van der Waals surface area contributed by atoms with Crippen molar-refractivity contribution in [3.63, 3.8) is 0 Å². The lowest BCUT2D eigenvalue weighted by Crippen LogP contribution is -2.34. The van der Waals surface area contributed by atoms with Gasteiger partial charge < -0.3 is 35.9 Å². The van der Waals surface area contributed by atoms with Crippen molar-refractivity contribution in [3.05, 3.63) is 53.6 Å². The van der Waals surface area contributed by atoms with Gasteiger partial charge in [0.15, 0.2) is 5.82 Å². The topological polar surface area (TPSA) is 133 Å². The van der Waals surface area contributed by atoms with Crippen LogP contribution in [0.15, 0.2) is 42.5 Å². The van der Waals surface area contributed by atoms with E-state index in [-0.39, 0.29) is 5.95 Å². The lowest BCUT2D eigenvalue weighted by molar-refractivity contribution is 0.0776. The zero-order chi connectivity index (χ0) is 27.6. The number of aromatic nitrogens is 3. The molecule has 3 heterocycles. The normalized spacial score (nSPS) is 13.9. The summed E-state index contributed by atoms with van der Waals surface area (Å²) < 4.78 is 13.3. The summed E-state index contributed by atoms with van der Waals surface area (Å²) in [6.07, 6.45) is 6.78. The molecule has 0 aliphatic carbocycles. The number of fused-ring (bicyclic) bond motifs is 3. The van der Waals surface area contributed by atoms with Crippen LogP contribution in [0.1, 0.15) is 56.6 Å². The fourth-order valence-electron chi connectivity index (χ4n) is 5.08. The largest absolute Gasteiger partial charge is 0.496 e. The third-order valence-electron chi connectivity index (χ3n) is 7.15. The number of nitrogens with two attached hydrogens (primary N) is 2. The van der Waals surface area contributed by atoms with Crippen LogP contribution in [0.4, 0.5) is 11.8 Å². The Balaban J connectivity index is 0.000000448. The van der Waals surface area contributed by atoms with E-state index < -0.39 is 0 Å². The Bertz CT molecular complexity index is 1350. The summed E-state index contributed by atoms with van der Waals surface area (Å²) >= 11 is 0. The lowest BCUT2D eigenvalue weighted by atomic mass is 10.1. The summed E-state index contributed by atoms with van der Waals surface area (Å²) in [6, 6.07) is 14.9. The van der Waals surface area contributed by atoms with Crippen molar-refractivity contribution < 1.29 is 14.6 Å². The first kappa shape index (κ1) is 28.6. The van der Waals surface area contributed by atoms with Crippen LogP contribution >= 0.6 is 0 Å². The van der Waals surface area contributed by atoms with Crippen molar-refractivity contribution in [2.75, 3.05) is 38.4 Å². The lowest BCUT2D eigenvalue weighted by Gasteiger charge is -2.23. The van der Waals surface area contributed by atoms with E-state index in [4.69, 9.17) is 26.0 Å². The van der Waals surface area contributed by atoms with Gasteiger partial charge in [0.2, 0.25) is 5.95 Å². The molecule has 1 fully saturated rings. The van der Waals surface area contributed by atoms with Crippen molar-refractivity contribution >= 4 is 33.7 Å². The van der Waals surface area contributed by atoms with E-state index in [9.17, 15) is 0 Å². The average Bonchev–Trinajstić information content (AvgIpc) is 3.27. The van der Waals surface area contributed by atoms with Crippen LogP contribution < -0.4 is 21.5 Å². The van der Waals surface area contributed by atoms with Crippen molar-refractivity contribution in [1.29, 1.82) is 0 Å². The Morgan fingerprint density at radius 2 is 1.87 bits per heavy atom. The number of benzene rings is 2. The van der Waals surface area contributed by atoms with Gasteiger partial charge in [0.1, 0.15) is 16.8 Å². The average molecular weight is 535 g/mol. The molecule has 2 aromatic heterocycles. The van der Waals surface area contributed by atoms with E-state index in [2.05, 4.69) is 45.0 Å². The molecule has 0 atom stereocenters. The van der Waals surface area contributed by atoms with Crippen molar-refractivity contribution in [2.45, 2.75) is 64.6 Å². The van der Waals surface area contributed by atoms with Gasteiger partial charge in [-0.15, -0.1) is 0 Å². The Morgan fingerprint density at radius 1 is 1.08 bits per heavy atom. The highest BCUT2D eigenvalue weighted by atomic mass is 16.5. The van der Waals surface area contributed by atoms with E-state index in [0.29, 0.717) is 25.0 Å². The second-order valence-corrected chi connectivity index (χ2v) is 9.97. The number of anilines is 2. The minimum absolute atomic E-state index is 0.177. The molecule has 39 heavy (non-hydrogen) atoms. The molecule has 1 aliphatic rings. The van der Waals surface area contributed by atoms with Crippen LogP contribution in [0, 0.1) is 0 Å². The van der Waals surface area contributed by atoms with Crippen LogP contribution in [0.5, 0.6) is 5.75 Å². The van der Waals surface area contributed by atoms with Crippen LogP contribution in [0.2, 0.25) is 0 Å². The SMILES string of the molecule is CCCCCCO.COc1ccc(CNC2CCOCC2)cc1Cn1c2ccccc2c2nc(N)nc(N)c21. The van der Waals surface area contributed by atoms with E-state index in [1.54, 1.807) is 7.11 Å². The van der Waals surface area contributed by atoms with Gasteiger partial charge in [0.05, 0.1) is 19.2 Å². The second kappa shape index (κ2) is 14.1. The van der Waals surface area contributed by atoms with Gasteiger partial charge in [-0.25, -0.2) is 4.98 Å². The summed E-state index contributed by atoms with van der Waals surface area (Å²) in [4.78, 5) is 8.70. The zero-order valence-electron chi connectivity index (χ0n) is 23.2. The molecule has 210 valence electrons. The van der Waals surface area contributed by atoms with Crippen molar-refractivity contribution in [1.82, 2.24) is 19.9 Å². The van der Waals surface area contributed by atoms with Gasteiger partial charge in [0, 0.05) is 43.4 Å². The maximum Gasteiger partial charge on any atom is 0.222 e. The van der Waals surface area contributed by atoms with Crippen LogP contribution in [0.25, 0.3) is 21.9 Å². The Morgan fingerprint density at radius 3 is 2.62 bits per heavy atom. The number of hydrogen-bond donors (Lipinski definition) is 4. The maximum absolute atomic E-state index is 8.29. The maximum atomic E-state index is 8.29. The number of aliphatic hydroxyl groups is 1. The molecule has 5 rings (SSSR count). The molecule has 1 saturated heterocycles. The number of para-hydroxylation sites is 1. The van der Waals surface area contributed by atoms with Gasteiger partial charge >= 0.3 is 0 Å². The summed E-state index contributed by atoms with van der Waals surface area (Å²) in [6.45, 7) is 5.56. The number of ether oxygens (including phenoxy) is 2.